The molecule has 1 N–H and O–H groups in total. The fourth-order valence-corrected chi connectivity index (χ4v) is 5.52. The fourth-order valence-electron chi connectivity index (χ4n) is 4.10. The van der Waals surface area contributed by atoms with E-state index in [1.807, 2.05) is 38.1 Å². The maximum absolute atomic E-state index is 14.9. The molecule has 7 nitrogen and oxygen atoms in total. The van der Waals surface area contributed by atoms with Crippen molar-refractivity contribution in [2.45, 2.75) is 44.7 Å². The minimum Gasteiger partial charge on any atom is -0.357 e. The van der Waals surface area contributed by atoms with E-state index in [1.165, 1.54) is 42.3 Å². The van der Waals surface area contributed by atoms with Crippen molar-refractivity contribution in [2.75, 3.05) is 17.9 Å². The van der Waals surface area contributed by atoms with Crippen molar-refractivity contribution >= 4 is 27.5 Å². The lowest BCUT2D eigenvalue weighted by Crippen LogP contribution is -2.51. The summed E-state index contributed by atoms with van der Waals surface area (Å²) >= 11 is 0. The Balaban J connectivity index is 2.07. The Hall–Kier alpha value is -3.72. The predicted octanol–water partition coefficient (Wildman–Crippen LogP) is 4.19. The molecular weight excluding hydrogens is 493 g/mol. The Morgan fingerprint density at radius 3 is 2.22 bits per heavy atom. The molecule has 9 heteroatoms. The number of amides is 2. The third-order valence-electron chi connectivity index (χ3n) is 6.08. The highest BCUT2D eigenvalue weighted by Crippen LogP contribution is 2.27. The smallest absolute Gasteiger partial charge is 0.264 e. The first-order chi connectivity index (χ1) is 17.6. The van der Waals surface area contributed by atoms with Crippen LogP contribution in [0.1, 0.15) is 30.0 Å². The molecule has 3 rings (SSSR count). The molecule has 1 atom stereocenters. The molecule has 0 bridgehead atoms. The quantitative estimate of drug-likeness (QED) is 0.430. The van der Waals surface area contributed by atoms with Crippen molar-refractivity contribution in [1.29, 1.82) is 0 Å². The van der Waals surface area contributed by atoms with Crippen LogP contribution in [-0.2, 0) is 26.2 Å². The van der Waals surface area contributed by atoms with Crippen molar-refractivity contribution in [2.24, 2.45) is 0 Å². The van der Waals surface area contributed by atoms with Gasteiger partial charge in [0.15, 0.2) is 0 Å². The molecule has 0 spiro atoms. The molecule has 0 saturated carbocycles. The Kier molecular flexibility index (Phi) is 9.04. The van der Waals surface area contributed by atoms with E-state index in [0.717, 1.165) is 27.1 Å². The zero-order valence-electron chi connectivity index (χ0n) is 21.4. The molecule has 0 fully saturated rings. The second kappa shape index (κ2) is 12.0. The van der Waals surface area contributed by atoms with Crippen LogP contribution in [-0.4, -0.2) is 44.8 Å². The zero-order valence-corrected chi connectivity index (χ0v) is 22.3. The molecule has 0 unspecified atom stereocenters. The molecule has 3 aromatic rings. The number of sulfonamides is 1. The zero-order chi connectivity index (χ0) is 27.2. The van der Waals surface area contributed by atoms with Crippen molar-refractivity contribution in [3.8, 4) is 0 Å². The van der Waals surface area contributed by atoms with Gasteiger partial charge >= 0.3 is 0 Å². The van der Waals surface area contributed by atoms with E-state index >= 15 is 0 Å². The normalized spacial score (nSPS) is 12.0. The Bertz CT molecular complexity index is 1360. The Labute approximate surface area is 218 Å². The lowest BCUT2D eigenvalue weighted by Gasteiger charge is -2.33. The third-order valence-corrected chi connectivity index (χ3v) is 7.85. The number of hydrogen-bond acceptors (Lipinski definition) is 4. The average Bonchev–Trinajstić information content (AvgIpc) is 2.87. The lowest BCUT2D eigenvalue weighted by molar-refractivity contribution is -0.140. The summed E-state index contributed by atoms with van der Waals surface area (Å²) in [6.45, 7) is 4.91. The van der Waals surface area contributed by atoms with E-state index in [4.69, 9.17) is 0 Å². The number of nitrogens with zero attached hydrogens (tertiary/aromatic N) is 2. The van der Waals surface area contributed by atoms with E-state index in [0.29, 0.717) is 6.42 Å². The van der Waals surface area contributed by atoms with Crippen molar-refractivity contribution < 1.29 is 22.4 Å². The van der Waals surface area contributed by atoms with E-state index in [-0.39, 0.29) is 23.0 Å². The van der Waals surface area contributed by atoms with Gasteiger partial charge in [0.05, 0.1) is 10.6 Å². The standard InChI is InChI=1S/C28H32FN3O4S/c1-5-25(28(34)30-4)31(18-22-10-8-9-21(3)17-22)27(33)19-32(26-12-7-6-11-24(26)29)37(35,36)23-15-13-20(2)14-16-23/h6-17,25H,5,18-19H2,1-4H3,(H,30,34)/t25-/m1/s1. The summed E-state index contributed by atoms with van der Waals surface area (Å²) in [5.41, 5.74) is 2.37. The summed E-state index contributed by atoms with van der Waals surface area (Å²) in [6.07, 6.45) is 0.307. The fraction of sp³-hybridized carbons (Fsp3) is 0.286. The number of rotatable bonds is 10. The molecule has 0 aromatic heterocycles. The number of nitrogens with one attached hydrogen (secondary N) is 1. The summed E-state index contributed by atoms with van der Waals surface area (Å²) in [5, 5.41) is 2.58. The topological polar surface area (TPSA) is 86.8 Å². The van der Waals surface area contributed by atoms with Gasteiger partial charge in [0.25, 0.3) is 10.0 Å². The molecule has 0 saturated heterocycles. The second-order valence-corrected chi connectivity index (χ2v) is 10.7. The molecule has 37 heavy (non-hydrogen) atoms. The summed E-state index contributed by atoms with van der Waals surface area (Å²) in [6, 6.07) is 18.2. The van der Waals surface area contributed by atoms with Crippen molar-refractivity contribution in [3.63, 3.8) is 0 Å². The van der Waals surface area contributed by atoms with Crippen LogP contribution in [0, 0.1) is 19.7 Å². The second-order valence-electron chi connectivity index (χ2n) is 8.83. The third kappa shape index (κ3) is 6.54. The molecule has 3 aromatic carbocycles. The minimum absolute atomic E-state index is 0.0715. The van der Waals surface area contributed by atoms with Crippen LogP contribution in [0.5, 0.6) is 0 Å². The lowest BCUT2D eigenvalue weighted by atomic mass is 10.1. The summed E-state index contributed by atoms with van der Waals surface area (Å²) in [7, 11) is -2.83. The van der Waals surface area contributed by atoms with Crippen molar-refractivity contribution in [3.05, 3.63) is 95.3 Å². The molecule has 0 radical (unpaired) electrons. The highest BCUT2D eigenvalue weighted by molar-refractivity contribution is 7.92. The van der Waals surface area contributed by atoms with Gasteiger partial charge in [-0.05, 0) is 50.1 Å². The SMILES string of the molecule is CC[C@H](C(=O)NC)N(Cc1cccc(C)c1)C(=O)CN(c1ccccc1F)S(=O)(=O)c1ccc(C)cc1. The Morgan fingerprint density at radius 1 is 0.946 bits per heavy atom. The minimum atomic E-state index is -4.31. The van der Waals surface area contributed by atoms with Crippen LogP contribution in [0.15, 0.2) is 77.7 Å². The summed E-state index contributed by atoms with van der Waals surface area (Å²) in [4.78, 5) is 27.8. The maximum Gasteiger partial charge on any atom is 0.264 e. The largest absolute Gasteiger partial charge is 0.357 e. The van der Waals surface area contributed by atoms with E-state index < -0.39 is 34.3 Å². The number of aryl methyl sites for hydroxylation is 2. The van der Waals surface area contributed by atoms with Gasteiger partial charge in [0.1, 0.15) is 18.4 Å². The van der Waals surface area contributed by atoms with Crippen LogP contribution in [0.3, 0.4) is 0 Å². The summed E-state index contributed by atoms with van der Waals surface area (Å²) < 4.78 is 43.1. The monoisotopic (exact) mass is 525 g/mol. The molecular formula is C28H32FN3O4S. The Morgan fingerprint density at radius 2 is 1.62 bits per heavy atom. The van der Waals surface area contributed by atoms with Crippen LogP contribution in [0.4, 0.5) is 10.1 Å². The van der Waals surface area contributed by atoms with Gasteiger partial charge in [-0.3, -0.25) is 13.9 Å². The average molecular weight is 526 g/mol. The number of benzene rings is 3. The number of likely N-dealkylation sites (N-methyl/N-ethyl adjacent to an activating group) is 1. The first kappa shape index (κ1) is 27.9. The first-order valence-electron chi connectivity index (χ1n) is 12.0. The molecule has 0 aliphatic rings. The van der Waals surface area contributed by atoms with Gasteiger partial charge in [-0.1, -0.05) is 66.6 Å². The molecule has 0 aliphatic carbocycles. The predicted molar refractivity (Wildman–Crippen MR) is 142 cm³/mol. The number of hydrogen-bond donors (Lipinski definition) is 1. The van der Waals surface area contributed by atoms with E-state index in [9.17, 15) is 22.4 Å². The van der Waals surface area contributed by atoms with Gasteiger partial charge in [-0.15, -0.1) is 0 Å². The van der Waals surface area contributed by atoms with Crippen LogP contribution in [0.25, 0.3) is 0 Å². The molecule has 2 amide bonds. The maximum atomic E-state index is 14.9. The molecule has 0 aliphatic heterocycles. The number of anilines is 1. The first-order valence-corrected chi connectivity index (χ1v) is 13.4. The highest BCUT2D eigenvalue weighted by atomic mass is 32.2. The van der Waals surface area contributed by atoms with Gasteiger partial charge in [-0.25, -0.2) is 12.8 Å². The number of halogens is 1. The number of carbonyl (C=O) groups excluding carboxylic acids is 2. The van der Waals surface area contributed by atoms with Crippen LogP contribution < -0.4 is 9.62 Å². The molecule has 196 valence electrons. The van der Waals surface area contributed by atoms with Gasteiger partial charge in [0.2, 0.25) is 11.8 Å². The van der Waals surface area contributed by atoms with Crippen LogP contribution >= 0.6 is 0 Å². The van der Waals surface area contributed by atoms with E-state index in [2.05, 4.69) is 5.32 Å². The number of carbonyl (C=O) groups is 2. The van der Waals surface area contributed by atoms with Gasteiger partial charge in [-0.2, -0.15) is 0 Å². The van der Waals surface area contributed by atoms with Crippen molar-refractivity contribution in [1.82, 2.24) is 10.2 Å². The van der Waals surface area contributed by atoms with Gasteiger partial charge in [0, 0.05) is 13.6 Å². The van der Waals surface area contributed by atoms with Gasteiger partial charge < -0.3 is 10.2 Å². The van der Waals surface area contributed by atoms with Crippen LogP contribution in [0.2, 0.25) is 0 Å². The highest BCUT2D eigenvalue weighted by Gasteiger charge is 2.34. The molecule has 0 heterocycles. The van der Waals surface area contributed by atoms with E-state index in [1.54, 1.807) is 19.1 Å². The summed E-state index contributed by atoms with van der Waals surface area (Å²) in [5.74, 6) is -1.78. The number of para-hydroxylation sites is 1.